The SMILES string of the molecule is Cc1nc(NCCC(C)N)cc(N(C)C2CCC2)n1. The molecule has 0 spiro atoms. The predicted molar refractivity (Wildman–Crippen MR) is 79.6 cm³/mol. The molecule has 0 amide bonds. The topological polar surface area (TPSA) is 67.1 Å². The fourth-order valence-electron chi connectivity index (χ4n) is 2.21. The van der Waals surface area contributed by atoms with Crippen molar-refractivity contribution in [1.29, 1.82) is 0 Å². The zero-order chi connectivity index (χ0) is 13.8. The minimum absolute atomic E-state index is 0.215. The van der Waals surface area contributed by atoms with Crippen molar-refractivity contribution in [3.05, 3.63) is 11.9 Å². The Morgan fingerprint density at radius 3 is 2.79 bits per heavy atom. The van der Waals surface area contributed by atoms with Crippen LogP contribution in [0.2, 0.25) is 0 Å². The quantitative estimate of drug-likeness (QED) is 0.821. The molecular formula is C14H25N5. The second kappa shape index (κ2) is 6.19. The standard InChI is InChI=1S/C14H25N5/c1-10(15)7-8-16-13-9-14(18-11(2)17-13)19(3)12-5-4-6-12/h9-10,12H,4-8,15H2,1-3H3,(H,16,17,18). The maximum absolute atomic E-state index is 5.75. The normalized spacial score (nSPS) is 16.8. The summed E-state index contributed by atoms with van der Waals surface area (Å²) in [6.07, 6.45) is 4.81. The van der Waals surface area contributed by atoms with E-state index in [1.807, 2.05) is 19.9 Å². The molecule has 1 unspecified atom stereocenters. The third kappa shape index (κ3) is 3.80. The highest BCUT2D eigenvalue weighted by Crippen LogP contribution is 2.27. The number of anilines is 2. The van der Waals surface area contributed by atoms with Crippen molar-refractivity contribution in [3.63, 3.8) is 0 Å². The Kier molecular flexibility index (Phi) is 4.58. The van der Waals surface area contributed by atoms with Gasteiger partial charge in [-0.15, -0.1) is 0 Å². The number of aromatic nitrogens is 2. The zero-order valence-electron chi connectivity index (χ0n) is 12.2. The van der Waals surface area contributed by atoms with Gasteiger partial charge in [-0.1, -0.05) is 0 Å². The fraction of sp³-hybridized carbons (Fsp3) is 0.714. The van der Waals surface area contributed by atoms with E-state index in [0.717, 1.165) is 30.4 Å². The molecule has 3 N–H and O–H groups in total. The molecule has 1 aliphatic carbocycles. The average molecular weight is 263 g/mol. The van der Waals surface area contributed by atoms with Crippen LogP contribution < -0.4 is 16.0 Å². The Morgan fingerprint density at radius 2 is 2.21 bits per heavy atom. The number of nitrogens with zero attached hydrogens (tertiary/aromatic N) is 3. The van der Waals surface area contributed by atoms with Crippen LogP contribution in [0.1, 0.15) is 38.4 Å². The van der Waals surface area contributed by atoms with E-state index in [0.29, 0.717) is 6.04 Å². The largest absolute Gasteiger partial charge is 0.370 e. The first-order chi connectivity index (χ1) is 9.06. The molecule has 5 nitrogen and oxygen atoms in total. The van der Waals surface area contributed by atoms with Crippen LogP contribution in [0, 0.1) is 6.92 Å². The number of hydrogen-bond acceptors (Lipinski definition) is 5. The van der Waals surface area contributed by atoms with Gasteiger partial charge in [0.1, 0.15) is 17.5 Å². The molecule has 1 fully saturated rings. The molecule has 1 heterocycles. The van der Waals surface area contributed by atoms with E-state index in [4.69, 9.17) is 5.73 Å². The van der Waals surface area contributed by atoms with Crippen molar-refractivity contribution < 1.29 is 0 Å². The highest BCUT2D eigenvalue weighted by Gasteiger charge is 2.23. The van der Waals surface area contributed by atoms with Crippen LogP contribution in [-0.4, -0.2) is 35.6 Å². The first-order valence-corrected chi connectivity index (χ1v) is 7.14. The maximum atomic E-state index is 5.75. The summed E-state index contributed by atoms with van der Waals surface area (Å²) in [5.41, 5.74) is 5.75. The fourth-order valence-corrected chi connectivity index (χ4v) is 2.21. The van der Waals surface area contributed by atoms with Crippen molar-refractivity contribution in [3.8, 4) is 0 Å². The molecular weight excluding hydrogens is 238 g/mol. The molecule has 0 aromatic carbocycles. The van der Waals surface area contributed by atoms with E-state index in [-0.39, 0.29) is 6.04 Å². The van der Waals surface area contributed by atoms with Gasteiger partial charge in [0.2, 0.25) is 0 Å². The molecule has 0 bridgehead atoms. The van der Waals surface area contributed by atoms with Crippen molar-refractivity contribution in [2.75, 3.05) is 23.8 Å². The van der Waals surface area contributed by atoms with Gasteiger partial charge in [0.25, 0.3) is 0 Å². The maximum Gasteiger partial charge on any atom is 0.134 e. The lowest BCUT2D eigenvalue weighted by Crippen LogP contribution is -2.37. The molecule has 1 aliphatic rings. The number of hydrogen-bond donors (Lipinski definition) is 2. The summed E-state index contributed by atoms with van der Waals surface area (Å²) in [7, 11) is 2.12. The number of aryl methyl sites for hydroxylation is 1. The summed E-state index contributed by atoms with van der Waals surface area (Å²) < 4.78 is 0. The number of nitrogens with two attached hydrogens (primary N) is 1. The van der Waals surface area contributed by atoms with E-state index in [2.05, 4.69) is 27.2 Å². The molecule has 1 atom stereocenters. The van der Waals surface area contributed by atoms with E-state index in [1.165, 1.54) is 19.3 Å². The first-order valence-electron chi connectivity index (χ1n) is 7.14. The van der Waals surface area contributed by atoms with Crippen LogP contribution in [0.4, 0.5) is 11.6 Å². The highest BCUT2D eigenvalue weighted by molar-refractivity contribution is 5.49. The minimum Gasteiger partial charge on any atom is -0.370 e. The molecule has 0 radical (unpaired) electrons. The lowest BCUT2D eigenvalue weighted by atomic mass is 9.92. The Hall–Kier alpha value is -1.36. The number of rotatable bonds is 6. The molecule has 106 valence electrons. The average Bonchev–Trinajstić information content (AvgIpc) is 2.25. The second-order valence-corrected chi connectivity index (χ2v) is 5.55. The lowest BCUT2D eigenvalue weighted by molar-refractivity contribution is 0.399. The summed E-state index contributed by atoms with van der Waals surface area (Å²) in [6.45, 7) is 4.80. The molecule has 19 heavy (non-hydrogen) atoms. The number of nitrogens with one attached hydrogen (secondary N) is 1. The van der Waals surface area contributed by atoms with Gasteiger partial charge >= 0.3 is 0 Å². The summed E-state index contributed by atoms with van der Waals surface area (Å²) in [5.74, 6) is 2.72. The predicted octanol–water partition coefficient (Wildman–Crippen LogP) is 1.92. The molecule has 0 saturated heterocycles. The molecule has 1 aromatic heterocycles. The van der Waals surface area contributed by atoms with Gasteiger partial charge in [0, 0.05) is 31.7 Å². The van der Waals surface area contributed by atoms with Crippen molar-refractivity contribution in [2.45, 2.75) is 51.6 Å². The first kappa shape index (κ1) is 14.1. The van der Waals surface area contributed by atoms with Gasteiger partial charge in [0.05, 0.1) is 0 Å². The van der Waals surface area contributed by atoms with Crippen LogP contribution in [0.25, 0.3) is 0 Å². The van der Waals surface area contributed by atoms with E-state index < -0.39 is 0 Å². The van der Waals surface area contributed by atoms with Gasteiger partial charge in [-0.25, -0.2) is 9.97 Å². The monoisotopic (exact) mass is 263 g/mol. The zero-order valence-corrected chi connectivity index (χ0v) is 12.2. The van der Waals surface area contributed by atoms with Crippen LogP contribution in [-0.2, 0) is 0 Å². The third-order valence-electron chi connectivity index (χ3n) is 3.71. The van der Waals surface area contributed by atoms with Crippen molar-refractivity contribution >= 4 is 11.6 Å². The Bertz CT molecular complexity index is 414. The summed E-state index contributed by atoms with van der Waals surface area (Å²) >= 11 is 0. The minimum atomic E-state index is 0.215. The Labute approximate surface area is 115 Å². The van der Waals surface area contributed by atoms with Crippen LogP contribution in [0.5, 0.6) is 0 Å². The van der Waals surface area contributed by atoms with E-state index in [1.54, 1.807) is 0 Å². The van der Waals surface area contributed by atoms with Gasteiger partial charge < -0.3 is 16.0 Å². The molecule has 1 saturated carbocycles. The van der Waals surface area contributed by atoms with Crippen molar-refractivity contribution in [1.82, 2.24) is 9.97 Å². The van der Waals surface area contributed by atoms with Gasteiger partial charge in [0.15, 0.2) is 0 Å². The smallest absolute Gasteiger partial charge is 0.134 e. The van der Waals surface area contributed by atoms with Crippen LogP contribution in [0.3, 0.4) is 0 Å². The summed E-state index contributed by atoms with van der Waals surface area (Å²) in [4.78, 5) is 11.2. The Balaban J connectivity index is 2.01. The molecule has 0 aliphatic heterocycles. The van der Waals surface area contributed by atoms with E-state index >= 15 is 0 Å². The molecule has 1 aromatic rings. The van der Waals surface area contributed by atoms with Gasteiger partial charge in [-0.2, -0.15) is 0 Å². The summed E-state index contributed by atoms with van der Waals surface area (Å²) in [6, 6.07) is 2.89. The lowest BCUT2D eigenvalue weighted by Gasteiger charge is -2.35. The van der Waals surface area contributed by atoms with Crippen molar-refractivity contribution in [2.24, 2.45) is 5.73 Å². The van der Waals surface area contributed by atoms with Gasteiger partial charge in [-0.3, -0.25) is 0 Å². The Morgan fingerprint density at radius 1 is 1.47 bits per heavy atom. The highest BCUT2D eigenvalue weighted by atomic mass is 15.2. The summed E-state index contributed by atoms with van der Waals surface area (Å²) in [5, 5.41) is 3.33. The van der Waals surface area contributed by atoms with Crippen LogP contribution in [0.15, 0.2) is 6.07 Å². The third-order valence-corrected chi connectivity index (χ3v) is 3.71. The second-order valence-electron chi connectivity index (χ2n) is 5.55. The molecule has 5 heteroatoms. The van der Waals surface area contributed by atoms with Crippen LogP contribution >= 0.6 is 0 Å². The van der Waals surface area contributed by atoms with Gasteiger partial charge in [-0.05, 0) is 39.5 Å². The molecule has 2 rings (SSSR count). The van der Waals surface area contributed by atoms with E-state index in [9.17, 15) is 0 Å².